The van der Waals surface area contributed by atoms with Gasteiger partial charge in [-0.15, -0.1) is 11.3 Å². The molecule has 1 aromatic heterocycles. The highest BCUT2D eigenvalue weighted by molar-refractivity contribution is 7.17. The molecule has 0 aliphatic rings. The number of hydrogen-bond acceptors (Lipinski definition) is 2. The van der Waals surface area contributed by atoms with Crippen LogP contribution in [0.4, 0.5) is 0 Å². The lowest BCUT2D eigenvalue weighted by molar-refractivity contribution is 0.243. The summed E-state index contributed by atoms with van der Waals surface area (Å²) >= 11 is 1.76. The molecule has 0 saturated heterocycles. The van der Waals surface area contributed by atoms with Crippen LogP contribution < -0.4 is 4.74 Å². The fraction of sp³-hybridized carbons (Fsp3) is 0.273. The second kappa shape index (κ2) is 3.38. The Bertz CT molecular complexity index is 403. The third-order valence-corrected chi connectivity index (χ3v) is 2.69. The van der Waals surface area contributed by atoms with Crippen LogP contribution in [0.15, 0.2) is 29.6 Å². The summed E-state index contributed by atoms with van der Waals surface area (Å²) in [5.74, 6) is 0.959. The minimum absolute atomic E-state index is 0.246. The van der Waals surface area contributed by atoms with E-state index in [2.05, 4.69) is 23.6 Å². The summed E-state index contributed by atoms with van der Waals surface area (Å²) in [6.07, 6.45) is 0.246. The first-order valence-corrected chi connectivity index (χ1v) is 5.27. The molecule has 0 bridgehead atoms. The highest BCUT2D eigenvalue weighted by Gasteiger charge is 1.99. The Labute approximate surface area is 82.0 Å². The predicted octanol–water partition coefficient (Wildman–Crippen LogP) is 3.69. The van der Waals surface area contributed by atoms with E-state index in [0.29, 0.717) is 0 Å². The van der Waals surface area contributed by atoms with Gasteiger partial charge in [0.25, 0.3) is 0 Å². The Balaban J connectivity index is 2.37. The van der Waals surface area contributed by atoms with Crippen molar-refractivity contribution < 1.29 is 4.74 Å². The van der Waals surface area contributed by atoms with Gasteiger partial charge in [0.15, 0.2) is 0 Å². The fourth-order valence-electron chi connectivity index (χ4n) is 1.29. The quantitative estimate of drug-likeness (QED) is 0.705. The minimum atomic E-state index is 0.246. The molecular formula is C11H12OS. The SMILES string of the molecule is CC(C)Oc1ccc2sccc2c1. The Morgan fingerprint density at radius 3 is 2.85 bits per heavy atom. The van der Waals surface area contributed by atoms with Crippen LogP contribution in [0, 0.1) is 0 Å². The molecule has 68 valence electrons. The lowest BCUT2D eigenvalue weighted by Crippen LogP contribution is -2.04. The van der Waals surface area contributed by atoms with E-state index in [1.54, 1.807) is 11.3 Å². The topological polar surface area (TPSA) is 9.23 Å². The van der Waals surface area contributed by atoms with Gasteiger partial charge in [-0.1, -0.05) is 0 Å². The molecule has 1 aromatic carbocycles. The maximum absolute atomic E-state index is 5.60. The van der Waals surface area contributed by atoms with Crippen LogP contribution >= 0.6 is 11.3 Å². The molecule has 0 radical (unpaired) electrons. The van der Waals surface area contributed by atoms with E-state index in [1.165, 1.54) is 10.1 Å². The molecule has 0 aliphatic carbocycles. The van der Waals surface area contributed by atoms with E-state index in [4.69, 9.17) is 4.74 Å². The second-order valence-electron chi connectivity index (χ2n) is 3.29. The van der Waals surface area contributed by atoms with Crippen molar-refractivity contribution in [2.75, 3.05) is 0 Å². The first kappa shape index (κ1) is 8.57. The van der Waals surface area contributed by atoms with E-state index < -0.39 is 0 Å². The van der Waals surface area contributed by atoms with Gasteiger partial charge in [0.05, 0.1) is 6.10 Å². The Morgan fingerprint density at radius 1 is 1.23 bits per heavy atom. The summed E-state index contributed by atoms with van der Waals surface area (Å²) in [7, 11) is 0. The normalized spacial score (nSPS) is 11.0. The van der Waals surface area contributed by atoms with Crippen molar-refractivity contribution in [1.29, 1.82) is 0 Å². The van der Waals surface area contributed by atoms with E-state index in [1.807, 2.05) is 19.9 Å². The molecule has 0 aliphatic heterocycles. The Hall–Kier alpha value is -1.02. The van der Waals surface area contributed by atoms with E-state index in [-0.39, 0.29) is 6.10 Å². The molecule has 13 heavy (non-hydrogen) atoms. The average Bonchev–Trinajstić information content (AvgIpc) is 2.49. The summed E-state index contributed by atoms with van der Waals surface area (Å²) in [5, 5.41) is 3.37. The molecule has 2 heteroatoms. The zero-order chi connectivity index (χ0) is 9.26. The molecule has 1 heterocycles. The minimum Gasteiger partial charge on any atom is -0.491 e. The van der Waals surface area contributed by atoms with Gasteiger partial charge in [-0.2, -0.15) is 0 Å². The maximum atomic E-state index is 5.60. The largest absolute Gasteiger partial charge is 0.491 e. The fourth-order valence-corrected chi connectivity index (χ4v) is 2.06. The summed E-state index contributed by atoms with van der Waals surface area (Å²) < 4.78 is 6.91. The molecule has 0 spiro atoms. The van der Waals surface area contributed by atoms with Crippen molar-refractivity contribution in [2.24, 2.45) is 0 Å². The van der Waals surface area contributed by atoms with Crippen LogP contribution in [-0.4, -0.2) is 6.10 Å². The lowest BCUT2D eigenvalue weighted by atomic mass is 10.2. The molecule has 0 amide bonds. The molecule has 0 unspecified atom stereocenters. The van der Waals surface area contributed by atoms with Crippen molar-refractivity contribution in [3.8, 4) is 5.75 Å². The monoisotopic (exact) mass is 192 g/mol. The molecular weight excluding hydrogens is 180 g/mol. The predicted molar refractivity (Wildman–Crippen MR) is 57.6 cm³/mol. The smallest absolute Gasteiger partial charge is 0.120 e. The molecule has 0 atom stereocenters. The lowest BCUT2D eigenvalue weighted by Gasteiger charge is -2.08. The molecule has 0 N–H and O–H groups in total. The van der Waals surface area contributed by atoms with Crippen LogP contribution in [0.25, 0.3) is 10.1 Å². The van der Waals surface area contributed by atoms with Crippen molar-refractivity contribution >= 4 is 21.4 Å². The number of rotatable bonds is 2. The summed E-state index contributed by atoms with van der Waals surface area (Å²) in [6, 6.07) is 8.34. The number of fused-ring (bicyclic) bond motifs is 1. The second-order valence-corrected chi connectivity index (χ2v) is 4.23. The zero-order valence-corrected chi connectivity index (χ0v) is 8.60. The van der Waals surface area contributed by atoms with Gasteiger partial charge in [0, 0.05) is 4.70 Å². The van der Waals surface area contributed by atoms with Gasteiger partial charge < -0.3 is 4.74 Å². The van der Waals surface area contributed by atoms with E-state index in [9.17, 15) is 0 Å². The summed E-state index contributed by atoms with van der Waals surface area (Å²) in [5.41, 5.74) is 0. The highest BCUT2D eigenvalue weighted by Crippen LogP contribution is 2.25. The Kier molecular flexibility index (Phi) is 2.23. The third-order valence-electron chi connectivity index (χ3n) is 1.80. The van der Waals surface area contributed by atoms with Gasteiger partial charge in [0.1, 0.15) is 5.75 Å². The van der Waals surface area contributed by atoms with Crippen molar-refractivity contribution in [3.63, 3.8) is 0 Å². The number of hydrogen-bond donors (Lipinski definition) is 0. The van der Waals surface area contributed by atoms with Gasteiger partial charge in [0.2, 0.25) is 0 Å². The van der Waals surface area contributed by atoms with E-state index in [0.717, 1.165) is 5.75 Å². The zero-order valence-electron chi connectivity index (χ0n) is 7.78. The van der Waals surface area contributed by atoms with Crippen LogP contribution in [0.3, 0.4) is 0 Å². The third kappa shape index (κ3) is 1.83. The van der Waals surface area contributed by atoms with Crippen molar-refractivity contribution in [3.05, 3.63) is 29.6 Å². The molecule has 0 fully saturated rings. The van der Waals surface area contributed by atoms with Crippen LogP contribution in [0.1, 0.15) is 13.8 Å². The summed E-state index contributed by atoms with van der Waals surface area (Å²) in [4.78, 5) is 0. The van der Waals surface area contributed by atoms with Gasteiger partial charge >= 0.3 is 0 Å². The average molecular weight is 192 g/mol. The standard InChI is InChI=1S/C11H12OS/c1-8(2)12-10-3-4-11-9(7-10)5-6-13-11/h3-8H,1-2H3. The number of ether oxygens (including phenoxy) is 1. The first-order chi connectivity index (χ1) is 6.25. The van der Waals surface area contributed by atoms with Gasteiger partial charge in [-0.3, -0.25) is 0 Å². The van der Waals surface area contributed by atoms with Crippen molar-refractivity contribution in [1.82, 2.24) is 0 Å². The van der Waals surface area contributed by atoms with Crippen LogP contribution in [-0.2, 0) is 0 Å². The van der Waals surface area contributed by atoms with E-state index >= 15 is 0 Å². The highest BCUT2D eigenvalue weighted by atomic mass is 32.1. The number of benzene rings is 1. The molecule has 2 rings (SSSR count). The van der Waals surface area contributed by atoms with Crippen LogP contribution in [0.2, 0.25) is 0 Å². The van der Waals surface area contributed by atoms with Crippen LogP contribution in [0.5, 0.6) is 5.75 Å². The van der Waals surface area contributed by atoms with Crippen molar-refractivity contribution in [2.45, 2.75) is 20.0 Å². The molecule has 0 saturated carbocycles. The number of thiophene rings is 1. The van der Waals surface area contributed by atoms with Gasteiger partial charge in [-0.25, -0.2) is 0 Å². The summed E-state index contributed by atoms with van der Waals surface area (Å²) in [6.45, 7) is 4.08. The molecule has 2 aromatic rings. The molecule has 1 nitrogen and oxygen atoms in total. The first-order valence-electron chi connectivity index (χ1n) is 4.39. The maximum Gasteiger partial charge on any atom is 0.120 e. The van der Waals surface area contributed by atoms with Gasteiger partial charge in [-0.05, 0) is 48.9 Å². The Morgan fingerprint density at radius 2 is 2.08 bits per heavy atom.